The van der Waals surface area contributed by atoms with E-state index in [0.717, 1.165) is 54.9 Å². The number of hydrogen-bond donors (Lipinski definition) is 0. The van der Waals surface area contributed by atoms with E-state index in [2.05, 4.69) is 4.90 Å². The van der Waals surface area contributed by atoms with Crippen LogP contribution in [0.4, 0.5) is 5.95 Å². The van der Waals surface area contributed by atoms with Crippen LogP contribution in [0.25, 0.3) is 0 Å². The van der Waals surface area contributed by atoms with Gasteiger partial charge in [-0.3, -0.25) is 0 Å². The highest BCUT2D eigenvalue weighted by Gasteiger charge is 2.24. The molecule has 6 heteroatoms. The first-order valence-electron chi connectivity index (χ1n) is 8.52. The Morgan fingerprint density at radius 2 is 1.75 bits per heavy atom. The van der Waals surface area contributed by atoms with Crippen molar-refractivity contribution in [2.75, 3.05) is 31.2 Å². The molecular formula is C18H21N3O2S. The normalized spacial score (nSPS) is 18.9. The van der Waals surface area contributed by atoms with E-state index >= 15 is 0 Å². The molecule has 0 N–H and O–H groups in total. The molecular weight excluding hydrogens is 322 g/mol. The van der Waals surface area contributed by atoms with E-state index < -0.39 is 10.8 Å². The number of morpholine rings is 1. The fraction of sp³-hybridized carbons (Fsp3) is 0.444. The van der Waals surface area contributed by atoms with E-state index in [9.17, 15) is 4.21 Å². The summed E-state index contributed by atoms with van der Waals surface area (Å²) in [5.41, 5.74) is 2.18. The molecule has 0 amide bonds. The lowest BCUT2D eigenvalue weighted by atomic mass is 9.97. The molecule has 1 aromatic carbocycles. The number of ether oxygens (including phenoxy) is 1. The average molecular weight is 343 g/mol. The molecule has 126 valence electrons. The zero-order chi connectivity index (χ0) is 16.4. The van der Waals surface area contributed by atoms with Gasteiger partial charge in [-0.15, -0.1) is 0 Å². The van der Waals surface area contributed by atoms with Crippen molar-refractivity contribution in [3.05, 3.63) is 41.6 Å². The number of benzene rings is 1. The SMILES string of the molecule is O=S(c1ccccc1)c1nc(N2CCOCC2)nc2c1CCCC2. The van der Waals surface area contributed by atoms with Crippen LogP contribution in [-0.2, 0) is 28.4 Å². The fourth-order valence-electron chi connectivity index (χ4n) is 3.26. The number of fused-ring (bicyclic) bond motifs is 1. The Hall–Kier alpha value is -1.79. The van der Waals surface area contributed by atoms with Crippen LogP contribution in [0, 0.1) is 0 Å². The fourth-order valence-corrected chi connectivity index (χ4v) is 4.50. The summed E-state index contributed by atoms with van der Waals surface area (Å²) in [6.07, 6.45) is 4.14. The van der Waals surface area contributed by atoms with Gasteiger partial charge in [0.1, 0.15) is 15.8 Å². The quantitative estimate of drug-likeness (QED) is 0.801. The summed E-state index contributed by atoms with van der Waals surface area (Å²) < 4.78 is 18.6. The molecule has 1 atom stereocenters. The predicted molar refractivity (Wildman–Crippen MR) is 92.8 cm³/mol. The third-order valence-corrected chi connectivity index (χ3v) is 5.95. The molecule has 1 aliphatic carbocycles. The molecule has 4 rings (SSSR count). The van der Waals surface area contributed by atoms with Gasteiger partial charge in [-0.05, 0) is 37.8 Å². The van der Waals surface area contributed by atoms with Crippen LogP contribution in [0.2, 0.25) is 0 Å². The van der Waals surface area contributed by atoms with Gasteiger partial charge in [0.05, 0.1) is 18.9 Å². The van der Waals surface area contributed by atoms with Crippen LogP contribution in [0.3, 0.4) is 0 Å². The van der Waals surface area contributed by atoms with Gasteiger partial charge >= 0.3 is 0 Å². The number of hydrogen-bond acceptors (Lipinski definition) is 5. The Balaban J connectivity index is 1.77. The largest absolute Gasteiger partial charge is 0.378 e. The first kappa shape index (κ1) is 15.7. The zero-order valence-electron chi connectivity index (χ0n) is 13.6. The van der Waals surface area contributed by atoms with Crippen LogP contribution in [0.5, 0.6) is 0 Å². The second-order valence-corrected chi connectivity index (χ2v) is 7.54. The van der Waals surface area contributed by atoms with Crippen LogP contribution in [0.1, 0.15) is 24.1 Å². The predicted octanol–water partition coefficient (Wildman–Crippen LogP) is 2.36. The standard InChI is InChI=1S/C18H21N3O2S/c22-24(14-6-2-1-3-7-14)17-15-8-4-5-9-16(15)19-18(20-17)21-10-12-23-13-11-21/h1-3,6-7H,4-5,8-13H2. The number of aryl methyl sites for hydroxylation is 1. The van der Waals surface area contributed by atoms with E-state index in [-0.39, 0.29) is 0 Å². The molecule has 1 aromatic heterocycles. The van der Waals surface area contributed by atoms with Crippen molar-refractivity contribution in [2.45, 2.75) is 35.6 Å². The Morgan fingerprint density at radius 3 is 2.54 bits per heavy atom. The highest BCUT2D eigenvalue weighted by atomic mass is 32.2. The maximum absolute atomic E-state index is 13.1. The van der Waals surface area contributed by atoms with Crippen molar-refractivity contribution < 1.29 is 8.95 Å². The Labute approximate surface area is 144 Å². The molecule has 2 aromatic rings. The average Bonchev–Trinajstić information content (AvgIpc) is 2.68. The van der Waals surface area contributed by atoms with Crippen molar-refractivity contribution in [1.29, 1.82) is 0 Å². The number of anilines is 1. The summed E-state index contributed by atoms with van der Waals surface area (Å²) in [7, 11) is -1.26. The molecule has 2 aliphatic rings. The Bertz CT molecular complexity index is 745. The van der Waals surface area contributed by atoms with Crippen molar-refractivity contribution in [1.82, 2.24) is 9.97 Å². The van der Waals surface area contributed by atoms with Gasteiger partial charge in [-0.25, -0.2) is 14.2 Å². The zero-order valence-corrected chi connectivity index (χ0v) is 14.4. The minimum atomic E-state index is -1.26. The molecule has 24 heavy (non-hydrogen) atoms. The second-order valence-electron chi connectivity index (χ2n) is 6.14. The lowest BCUT2D eigenvalue weighted by molar-refractivity contribution is 0.122. The maximum Gasteiger partial charge on any atom is 0.226 e. The van der Waals surface area contributed by atoms with Gasteiger partial charge in [-0.1, -0.05) is 18.2 Å². The molecule has 1 unspecified atom stereocenters. The second kappa shape index (κ2) is 6.99. The Kier molecular flexibility index (Phi) is 4.58. The van der Waals surface area contributed by atoms with Crippen LogP contribution in [-0.4, -0.2) is 40.5 Å². The number of nitrogens with zero attached hydrogens (tertiary/aromatic N) is 3. The maximum atomic E-state index is 13.1. The van der Waals surface area contributed by atoms with E-state index in [1.807, 2.05) is 30.3 Å². The molecule has 5 nitrogen and oxygen atoms in total. The summed E-state index contributed by atoms with van der Waals surface area (Å²) in [5.74, 6) is 0.707. The van der Waals surface area contributed by atoms with Gasteiger partial charge in [0, 0.05) is 23.5 Å². The monoisotopic (exact) mass is 343 g/mol. The minimum absolute atomic E-state index is 0.692. The topological polar surface area (TPSA) is 55.3 Å². The van der Waals surface area contributed by atoms with E-state index in [1.165, 1.54) is 0 Å². The van der Waals surface area contributed by atoms with Crippen LogP contribution >= 0.6 is 0 Å². The summed E-state index contributed by atoms with van der Waals surface area (Å²) >= 11 is 0. The van der Waals surface area contributed by atoms with E-state index in [1.54, 1.807) is 0 Å². The van der Waals surface area contributed by atoms with Gasteiger partial charge in [-0.2, -0.15) is 0 Å². The molecule has 1 saturated heterocycles. The molecule has 2 heterocycles. The third-order valence-electron chi connectivity index (χ3n) is 4.56. The molecule has 1 aliphatic heterocycles. The summed E-state index contributed by atoms with van der Waals surface area (Å²) in [4.78, 5) is 12.5. The van der Waals surface area contributed by atoms with Gasteiger partial charge in [0.2, 0.25) is 5.95 Å². The van der Waals surface area contributed by atoms with E-state index in [4.69, 9.17) is 14.7 Å². The lowest BCUT2D eigenvalue weighted by Gasteiger charge is -2.28. The van der Waals surface area contributed by atoms with Crippen molar-refractivity contribution in [3.8, 4) is 0 Å². The highest BCUT2D eigenvalue weighted by Crippen LogP contribution is 2.29. The van der Waals surface area contributed by atoms with Crippen LogP contribution in [0.15, 0.2) is 40.3 Å². The van der Waals surface area contributed by atoms with Gasteiger partial charge in [0.25, 0.3) is 0 Å². The number of rotatable bonds is 3. The van der Waals surface area contributed by atoms with Gasteiger partial charge in [0.15, 0.2) is 0 Å². The van der Waals surface area contributed by atoms with Crippen molar-refractivity contribution >= 4 is 16.7 Å². The van der Waals surface area contributed by atoms with Crippen molar-refractivity contribution in [2.24, 2.45) is 0 Å². The smallest absolute Gasteiger partial charge is 0.226 e. The molecule has 0 bridgehead atoms. The minimum Gasteiger partial charge on any atom is -0.378 e. The summed E-state index contributed by atoms with van der Waals surface area (Å²) in [5, 5.41) is 0.701. The first-order chi connectivity index (χ1) is 11.8. The molecule has 1 fully saturated rings. The van der Waals surface area contributed by atoms with Gasteiger partial charge < -0.3 is 9.64 Å². The Morgan fingerprint density at radius 1 is 1.00 bits per heavy atom. The first-order valence-corrected chi connectivity index (χ1v) is 9.67. The van der Waals surface area contributed by atoms with Crippen LogP contribution < -0.4 is 4.90 Å². The summed E-state index contributed by atoms with van der Waals surface area (Å²) in [6, 6.07) is 9.59. The third kappa shape index (κ3) is 3.08. The highest BCUT2D eigenvalue weighted by molar-refractivity contribution is 7.85. The van der Waals surface area contributed by atoms with Crippen molar-refractivity contribution in [3.63, 3.8) is 0 Å². The molecule has 0 saturated carbocycles. The van der Waals surface area contributed by atoms with E-state index in [0.29, 0.717) is 24.2 Å². The summed E-state index contributed by atoms with van der Waals surface area (Å²) in [6.45, 7) is 2.96. The number of aromatic nitrogens is 2. The molecule has 0 radical (unpaired) electrons. The lowest BCUT2D eigenvalue weighted by Crippen LogP contribution is -2.38. The molecule has 0 spiro atoms.